The molecule has 0 saturated heterocycles. The maximum atomic E-state index is 12.0. The first-order valence-electron chi connectivity index (χ1n) is 4.92. The van der Waals surface area contributed by atoms with Crippen LogP contribution in [0.5, 0.6) is 0 Å². The molecule has 17 heavy (non-hydrogen) atoms. The predicted octanol–water partition coefficient (Wildman–Crippen LogP) is 1.87. The minimum absolute atomic E-state index is 0.144. The molecule has 0 bridgehead atoms. The Balaban J connectivity index is 2.32. The number of sulfonamides is 1. The van der Waals surface area contributed by atoms with E-state index >= 15 is 0 Å². The number of nitrogen functional groups attached to an aromatic ring is 1. The first-order valence-corrected chi connectivity index (χ1v) is 6.41. The van der Waals surface area contributed by atoms with Crippen LogP contribution in [-0.4, -0.2) is 8.42 Å². The number of nitrogens with one attached hydrogen (secondary N) is 1. The van der Waals surface area contributed by atoms with Gasteiger partial charge in [0.1, 0.15) is 0 Å². The molecular weight excluding hydrogens is 236 g/mol. The molecule has 0 unspecified atom stereocenters. The van der Waals surface area contributed by atoms with E-state index in [2.05, 4.69) is 10.8 Å². The van der Waals surface area contributed by atoms with Crippen molar-refractivity contribution >= 4 is 21.4 Å². The quantitative estimate of drug-likeness (QED) is 0.813. The van der Waals surface area contributed by atoms with Crippen LogP contribution in [0.1, 0.15) is 0 Å². The molecular formula is C12H11N2O2S. The van der Waals surface area contributed by atoms with Crippen molar-refractivity contribution in [2.24, 2.45) is 0 Å². The highest BCUT2D eigenvalue weighted by Gasteiger charge is 2.13. The van der Waals surface area contributed by atoms with Crippen LogP contribution in [0.2, 0.25) is 0 Å². The summed E-state index contributed by atoms with van der Waals surface area (Å²) in [6.45, 7) is 0. The minimum atomic E-state index is -3.58. The van der Waals surface area contributed by atoms with Gasteiger partial charge in [-0.3, -0.25) is 4.72 Å². The van der Waals surface area contributed by atoms with Gasteiger partial charge in [0.2, 0.25) is 0 Å². The fourth-order valence-corrected chi connectivity index (χ4v) is 2.46. The third-order valence-electron chi connectivity index (χ3n) is 2.14. The SMILES string of the molecule is Nc1cccc(S(=O)(=O)Nc2cc[c]cc2)c1. The molecule has 0 aliphatic heterocycles. The van der Waals surface area contributed by atoms with Crippen molar-refractivity contribution in [3.63, 3.8) is 0 Å². The van der Waals surface area contributed by atoms with Crippen molar-refractivity contribution < 1.29 is 8.42 Å². The van der Waals surface area contributed by atoms with Gasteiger partial charge in [-0.25, -0.2) is 8.42 Å². The van der Waals surface area contributed by atoms with Crippen LogP contribution in [0.15, 0.2) is 53.4 Å². The van der Waals surface area contributed by atoms with Crippen LogP contribution in [-0.2, 0) is 10.0 Å². The summed E-state index contributed by atoms with van der Waals surface area (Å²) in [6, 6.07) is 15.5. The second kappa shape index (κ2) is 4.47. The largest absolute Gasteiger partial charge is 0.399 e. The maximum absolute atomic E-state index is 12.0. The lowest BCUT2D eigenvalue weighted by atomic mass is 10.3. The van der Waals surface area contributed by atoms with Crippen molar-refractivity contribution in [3.8, 4) is 0 Å². The van der Waals surface area contributed by atoms with Crippen LogP contribution in [0.4, 0.5) is 11.4 Å². The van der Waals surface area contributed by atoms with Crippen LogP contribution in [0.3, 0.4) is 0 Å². The molecule has 5 heteroatoms. The molecule has 0 amide bonds. The standard InChI is InChI=1S/C12H11N2O2S/c13-10-5-4-8-12(9-10)17(15,16)14-11-6-2-1-3-7-11/h2-9,14H,13H2. The van der Waals surface area contributed by atoms with E-state index in [0.29, 0.717) is 11.4 Å². The first kappa shape index (κ1) is 11.5. The summed E-state index contributed by atoms with van der Waals surface area (Å²) in [5.74, 6) is 0. The van der Waals surface area contributed by atoms with E-state index in [1.54, 1.807) is 36.4 Å². The summed E-state index contributed by atoms with van der Waals surface area (Å²) in [6.07, 6.45) is 0. The Hall–Kier alpha value is -2.01. The highest BCUT2D eigenvalue weighted by molar-refractivity contribution is 7.92. The average molecular weight is 247 g/mol. The Kier molecular flexibility index (Phi) is 3.01. The molecule has 0 spiro atoms. The zero-order valence-electron chi connectivity index (χ0n) is 8.92. The first-order chi connectivity index (χ1) is 8.08. The topological polar surface area (TPSA) is 72.2 Å². The molecule has 0 aromatic heterocycles. The van der Waals surface area contributed by atoms with Crippen molar-refractivity contribution in [1.82, 2.24) is 0 Å². The summed E-state index contributed by atoms with van der Waals surface area (Å²) in [4.78, 5) is 0.144. The predicted molar refractivity (Wildman–Crippen MR) is 66.9 cm³/mol. The zero-order chi connectivity index (χ0) is 12.3. The molecule has 0 aliphatic carbocycles. The van der Waals surface area contributed by atoms with Crippen LogP contribution >= 0.6 is 0 Å². The maximum Gasteiger partial charge on any atom is 0.261 e. The van der Waals surface area contributed by atoms with Gasteiger partial charge in [-0.05, 0) is 36.4 Å². The summed E-state index contributed by atoms with van der Waals surface area (Å²) in [5.41, 5.74) is 6.45. The monoisotopic (exact) mass is 247 g/mol. The van der Waals surface area contributed by atoms with Crippen LogP contribution in [0, 0.1) is 6.07 Å². The minimum Gasteiger partial charge on any atom is -0.399 e. The molecule has 3 N–H and O–H groups in total. The smallest absolute Gasteiger partial charge is 0.261 e. The Bertz CT molecular complexity index is 609. The molecule has 2 rings (SSSR count). The molecule has 4 nitrogen and oxygen atoms in total. The van der Waals surface area contributed by atoms with Gasteiger partial charge in [-0.15, -0.1) is 0 Å². The van der Waals surface area contributed by atoms with E-state index in [0.717, 1.165) is 0 Å². The Labute approximate surface area is 100 Å². The molecule has 0 heterocycles. The third kappa shape index (κ3) is 2.76. The van der Waals surface area contributed by atoms with E-state index in [-0.39, 0.29) is 4.90 Å². The van der Waals surface area contributed by atoms with Crippen LogP contribution < -0.4 is 10.5 Å². The second-order valence-corrected chi connectivity index (χ2v) is 5.15. The van der Waals surface area contributed by atoms with Gasteiger partial charge in [-0.1, -0.05) is 18.2 Å². The normalized spacial score (nSPS) is 11.1. The van der Waals surface area contributed by atoms with E-state index in [9.17, 15) is 8.42 Å². The summed E-state index contributed by atoms with van der Waals surface area (Å²) >= 11 is 0. The molecule has 2 aromatic carbocycles. The molecule has 87 valence electrons. The number of anilines is 2. The zero-order valence-corrected chi connectivity index (χ0v) is 9.74. The number of rotatable bonds is 3. The highest BCUT2D eigenvalue weighted by atomic mass is 32.2. The second-order valence-electron chi connectivity index (χ2n) is 3.47. The van der Waals surface area contributed by atoms with Crippen molar-refractivity contribution in [2.75, 3.05) is 10.5 Å². The van der Waals surface area contributed by atoms with Gasteiger partial charge in [0, 0.05) is 11.4 Å². The Morgan fingerprint density at radius 2 is 1.82 bits per heavy atom. The van der Waals surface area contributed by atoms with Gasteiger partial charge in [0.05, 0.1) is 4.90 Å². The average Bonchev–Trinajstić information content (AvgIpc) is 2.30. The van der Waals surface area contributed by atoms with E-state index < -0.39 is 10.0 Å². The Morgan fingerprint density at radius 3 is 2.47 bits per heavy atom. The lowest BCUT2D eigenvalue weighted by Gasteiger charge is -2.08. The molecule has 0 atom stereocenters. The number of nitrogens with two attached hydrogens (primary N) is 1. The number of hydrogen-bond acceptors (Lipinski definition) is 3. The Morgan fingerprint density at radius 1 is 1.12 bits per heavy atom. The summed E-state index contributed by atoms with van der Waals surface area (Å²) in [7, 11) is -3.58. The lowest BCUT2D eigenvalue weighted by molar-refractivity contribution is 0.601. The highest BCUT2D eigenvalue weighted by Crippen LogP contribution is 2.17. The number of hydrogen-bond donors (Lipinski definition) is 2. The summed E-state index contributed by atoms with van der Waals surface area (Å²) < 4.78 is 26.4. The molecule has 0 fully saturated rings. The van der Waals surface area contributed by atoms with Crippen LogP contribution in [0.25, 0.3) is 0 Å². The van der Waals surface area contributed by atoms with Crippen molar-refractivity contribution in [1.29, 1.82) is 0 Å². The summed E-state index contributed by atoms with van der Waals surface area (Å²) in [5, 5.41) is 0. The lowest BCUT2D eigenvalue weighted by Crippen LogP contribution is -2.13. The number of benzene rings is 2. The van der Waals surface area contributed by atoms with E-state index in [1.807, 2.05) is 0 Å². The van der Waals surface area contributed by atoms with Crippen molar-refractivity contribution in [3.05, 3.63) is 54.6 Å². The molecule has 1 radical (unpaired) electrons. The van der Waals surface area contributed by atoms with Gasteiger partial charge >= 0.3 is 0 Å². The van der Waals surface area contributed by atoms with E-state index in [4.69, 9.17) is 5.73 Å². The van der Waals surface area contributed by atoms with E-state index in [1.165, 1.54) is 12.1 Å². The van der Waals surface area contributed by atoms with Crippen molar-refractivity contribution in [2.45, 2.75) is 4.90 Å². The van der Waals surface area contributed by atoms with Gasteiger partial charge in [0.25, 0.3) is 10.0 Å². The fourth-order valence-electron chi connectivity index (χ4n) is 1.35. The molecule has 2 aromatic rings. The van der Waals surface area contributed by atoms with Gasteiger partial charge in [-0.2, -0.15) is 0 Å². The molecule has 0 aliphatic rings. The van der Waals surface area contributed by atoms with Gasteiger partial charge in [0.15, 0.2) is 0 Å². The fraction of sp³-hybridized carbons (Fsp3) is 0. The molecule has 0 saturated carbocycles. The van der Waals surface area contributed by atoms with Gasteiger partial charge < -0.3 is 5.73 Å². The third-order valence-corrected chi connectivity index (χ3v) is 3.52.